The molecular weight excluding hydrogens is 429 g/mol. The maximum absolute atomic E-state index is 13.1. The summed E-state index contributed by atoms with van der Waals surface area (Å²) in [4.78, 5) is 37.1. The molecule has 2 heterocycles. The van der Waals surface area contributed by atoms with Crippen molar-refractivity contribution in [2.45, 2.75) is 24.9 Å². The molecule has 0 radical (unpaired) electrons. The van der Waals surface area contributed by atoms with E-state index < -0.39 is 0 Å². The van der Waals surface area contributed by atoms with Gasteiger partial charge < -0.3 is 4.90 Å². The van der Waals surface area contributed by atoms with Crippen LogP contribution in [0.2, 0.25) is 0 Å². The quantitative estimate of drug-likeness (QED) is 0.427. The number of likely N-dealkylation sites (N-methyl/N-ethyl adjacent to an activating group) is 1. The molecule has 2 aromatic heterocycles. The molecular formula is C23H22FN5O2S. The van der Waals surface area contributed by atoms with Crippen LogP contribution < -0.4 is 5.69 Å². The Balaban J connectivity index is 1.65. The van der Waals surface area contributed by atoms with Gasteiger partial charge in [0.05, 0.1) is 18.3 Å². The molecule has 0 fully saturated rings. The lowest BCUT2D eigenvalue weighted by Gasteiger charge is -2.21. The summed E-state index contributed by atoms with van der Waals surface area (Å²) >= 11 is 0.168. The highest BCUT2D eigenvalue weighted by molar-refractivity contribution is 7.94. The van der Waals surface area contributed by atoms with E-state index in [0.717, 1.165) is 11.1 Å². The Morgan fingerprint density at radius 2 is 1.94 bits per heavy atom. The minimum atomic E-state index is -0.334. The molecule has 0 saturated heterocycles. The van der Waals surface area contributed by atoms with Crippen molar-refractivity contribution in [3.63, 3.8) is 0 Å². The van der Waals surface area contributed by atoms with Gasteiger partial charge in [-0.3, -0.25) is 13.9 Å². The van der Waals surface area contributed by atoms with Crippen LogP contribution in [0.5, 0.6) is 0 Å². The molecule has 0 aliphatic heterocycles. The van der Waals surface area contributed by atoms with Gasteiger partial charge in [-0.25, -0.2) is 14.8 Å². The first kappa shape index (κ1) is 21.8. The molecule has 0 bridgehead atoms. The molecule has 0 aliphatic carbocycles. The number of carbonyl (C=O) groups excluding carboxylic acids is 1. The highest BCUT2D eigenvalue weighted by Gasteiger charge is 2.20. The first-order chi connectivity index (χ1) is 15.5. The van der Waals surface area contributed by atoms with Gasteiger partial charge in [-0.15, -0.1) is 0 Å². The number of amides is 1. The molecule has 0 N–H and O–H groups in total. The topological polar surface area (TPSA) is 73.0 Å². The minimum Gasteiger partial charge on any atom is -0.337 e. The lowest BCUT2D eigenvalue weighted by Crippen LogP contribution is -2.36. The molecule has 32 heavy (non-hydrogen) atoms. The fraction of sp³-hybridized carbons (Fsp3) is 0.217. The van der Waals surface area contributed by atoms with Crippen LogP contribution in [0, 0.1) is 0 Å². The van der Waals surface area contributed by atoms with Gasteiger partial charge in [-0.1, -0.05) is 42.5 Å². The van der Waals surface area contributed by atoms with Gasteiger partial charge in [0.1, 0.15) is 12.1 Å². The molecule has 1 amide bonds. The van der Waals surface area contributed by atoms with Crippen LogP contribution in [-0.4, -0.2) is 36.5 Å². The zero-order valence-electron chi connectivity index (χ0n) is 17.7. The van der Waals surface area contributed by atoms with Crippen LogP contribution in [0.3, 0.4) is 0 Å². The number of imidazole rings is 1. The maximum Gasteiger partial charge on any atom is 0.330 e. The van der Waals surface area contributed by atoms with E-state index in [1.807, 2.05) is 43.3 Å². The van der Waals surface area contributed by atoms with E-state index in [-0.39, 0.29) is 30.3 Å². The Morgan fingerprint density at radius 3 is 2.66 bits per heavy atom. The summed E-state index contributed by atoms with van der Waals surface area (Å²) in [6.07, 6.45) is 1.60. The number of aryl methyl sites for hydroxylation is 1. The second-order valence-electron chi connectivity index (χ2n) is 7.33. The Kier molecular flexibility index (Phi) is 6.36. The van der Waals surface area contributed by atoms with Crippen molar-refractivity contribution in [2.75, 3.05) is 6.54 Å². The predicted octanol–water partition coefficient (Wildman–Crippen LogP) is 3.82. The van der Waals surface area contributed by atoms with Crippen molar-refractivity contribution < 1.29 is 8.68 Å². The molecule has 7 nitrogen and oxygen atoms in total. The summed E-state index contributed by atoms with van der Waals surface area (Å²) in [5.74, 6) is 0.262. The maximum atomic E-state index is 13.1. The SMILES string of the molecule is CCN(Cc1cccc(SF)c1)C(=O)Cn1c(=O)n(C)c2cnc(-c3ccccc3)nc21. The van der Waals surface area contributed by atoms with Gasteiger partial charge >= 0.3 is 5.69 Å². The number of aromatic nitrogens is 4. The Bertz CT molecular complexity index is 1320. The number of hydrogen-bond acceptors (Lipinski definition) is 5. The van der Waals surface area contributed by atoms with Gasteiger partial charge in [-0.05, 0) is 24.6 Å². The second-order valence-corrected chi connectivity index (χ2v) is 7.95. The van der Waals surface area contributed by atoms with Crippen molar-refractivity contribution in [3.05, 3.63) is 76.8 Å². The highest BCUT2D eigenvalue weighted by Crippen LogP contribution is 2.21. The van der Waals surface area contributed by atoms with Crippen molar-refractivity contribution in [2.24, 2.45) is 7.05 Å². The van der Waals surface area contributed by atoms with Gasteiger partial charge in [0.15, 0.2) is 11.5 Å². The van der Waals surface area contributed by atoms with Crippen molar-refractivity contribution in [3.8, 4) is 11.4 Å². The summed E-state index contributed by atoms with van der Waals surface area (Å²) < 4.78 is 15.7. The zero-order chi connectivity index (χ0) is 22.7. The zero-order valence-corrected chi connectivity index (χ0v) is 18.6. The standard InChI is InChI=1S/C23H22FN5O2S/c1-3-28(14-16-8-7-11-18(12-16)32-24)20(30)15-29-22-19(27(2)23(29)31)13-25-21(26-22)17-9-5-4-6-10-17/h4-13H,3,14-15H2,1-2H3. The normalized spacial score (nSPS) is 11.1. The van der Waals surface area contributed by atoms with E-state index in [4.69, 9.17) is 0 Å². The lowest BCUT2D eigenvalue weighted by atomic mass is 10.2. The van der Waals surface area contributed by atoms with Gasteiger partial charge in [0.25, 0.3) is 0 Å². The summed E-state index contributed by atoms with van der Waals surface area (Å²) in [7, 11) is 1.63. The summed E-state index contributed by atoms with van der Waals surface area (Å²) in [5, 5.41) is 0. The third-order valence-corrected chi connectivity index (χ3v) is 5.74. The summed E-state index contributed by atoms with van der Waals surface area (Å²) in [6.45, 7) is 2.50. The van der Waals surface area contributed by atoms with Crippen LogP contribution in [0.25, 0.3) is 22.6 Å². The van der Waals surface area contributed by atoms with E-state index in [2.05, 4.69) is 9.97 Å². The van der Waals surface area contributed by atoms with Crippen molar-refractivity contribution >= 4 is 29.2 Å². The number of carbonyl (C=O) groups is 1. The molecule has 164 valence electrons. The molecule has 0 spiro atoms. The fourth-order valence-corrected chi connectivity index (χ4v) is 3.89. The molecule has 2 aromatic carbocycles. The van der Waals surface area contributed by atoms with Gasteiger partial charge in [-0.2, -0.15) is 3.89 Å². The van der Waals surface area contributed by atoms with E-state index in [9.17, 15) is 13.5 Å². The van der Waals surface area contributed by atoms with Crippen LogP contribution in [-0.2, 0) is 24.9 Å². The molecule has 4 aromatic rings. The lowest BCUT2D eigenvalue weighted by molar-refractivity contribution is -0.132. The van der Waals surface area contributed by atoms with E-state index in [0.29, 0.717) is 35.0 Å². The molecule has 0 unspecified atom stereocenters. The number of nitrogens with zero attached hydrogens (tertiary/aromatic N) is 5. The van der Waals surface area contributed by atoms with Crippen molar-refractivity contribution in [1.82, 2.24) is 24.0 Å². The number of benzene rings is 2. The smallest absolute Gasteiger partial charge is 0.330 e. The molecule has 0 saturated carbocycles. The molecule has 0 aliphatic rings. The third kappa shape index (κ3) is 4.29. The molecule has 0 atom stereocenters. The largest absolute Gasteiger partial charge is 0.337 e. The number of halogens is 1. The highest BCUT2D eigenvalue weighted by atomic mass is 32.2. The molecule has 9 heteroatoms. The number of fused-ring (bicyclic) bond motifs is 1. The van der Waals surface area contributed by atoms with Gasteiger partial charge in [0.2, 0.25) is 5.91 Å². The first-order valence-electron chi connectivity index (χ1n) is 10.1. The van der Waals surface area contributed by atoms with Crippen LogP contribution >= 0.6 is 12.1 Å². The van der Waals surface area contributed by atoms with Crippen LogP contribution in [0.15, 0.2) is 70.5 Å². The van der Waals surface area contributed by atoms with Crippen LogP contribution in [0.1, 0.15) is 12.5 Å². The van der Waals surface area contributed by atoms with E-state index in [1.54, 1.807) is 36.3 Å². The first-order valence-corrected chi connectivity index (χ1v) is 10.9. The third-order valence-electron chi connectivity index (χ3n) is 5.31. The second kappa shape index (κ2) is 9.35. The Morgan fingerprint density at radius 1 is 1.16 bits per heavy atom. The average Bonchev–Trinajstić information content (AvgIpc) is 3.07. The Hall–Kier alpha value is -3.46. The minimum absolute atomic E-state index is 0.146. The predicted molar refractivity (Wildman–Crippen MR) is 123 cm³/mol. The van der Waals surface area contributed by atoms with Crippen molar-refractivity contribution in [1.29, 1.82) is 0 Å². The van der Waals surface area contributed by atoms with E-state index in [1.165, 1.54) is 9.13 Å². The average molecular weight is 452 g/mol. The van der Waals surface area contributed by atoms with Crippen LogP contribution in [0.4, 0.5) is 3.89 Å². The summed E-state index contributed by atoms with van der Waals surface area (Å²) in [6, 6.07) is 16.4. The van der Waals surface area contributed by atoms with E-state index >= 15 is 0 Å². The van der Waals surface area contributed by atoms with Gasteiger partial charge in [0, 0.05) is 30.6 Å². The molecule has 4 rings (SSSR count). The number of rotatable bonds is 7. The monoisotopic (exact) mass is 451 g/mol. The fourth-order valence-electron chi connectivity index (χ4n) is 3.57. The summed E-state index contributed by atoms with van der Waals surface area (Å²) in [5.41, 5.74) is 2.27. The number of hydrogen-bond donors (Lipinski definition) is 0. The Labute approximate surface area is 188 Å².